The first-order valence-electron chi connectivity index (χ1n) is 6.48. The Balaban J connectivity index is 1.79. The summed E-state index contributed by atoms with van der Waals surface area (Å²) >= 11 is 1.46. The third kappa shape index (κ3) is 3.14. The Morgan fingerprint density at radius 3 is 2.87 bits per heavy atom. The number of thiophene rings is 1. The van der Waals surface area contributed by atoms with E-state index in [9.17, 15) is 4.79 Å². The molecule has 0 aliphatic carbocycles. The molecule has 8 nitrogen and oxygen atoms in total. The number of nitrogens with zero attached hydrogens (tertiary/aromatic N) is 3. The summed E-state index contributed by atoms with van der Waals surface area (Å²) in [6.45, 7) is 0. The first kappa shape index (κ1) is 15.0. The lowest BCUT2D eigenvalue weighted by atomic mass is 10.3. The maximum Gasteiger partial charge on any atom is 0.322 e. The Kier molecular flexibility index (Phi) is 4.20. The van der Waals surface area contributed by atoms with Crippen molar-refractivity contribution in [3.63, 3.8) is 0 Å². The van der Waals surface area contributed by atoms with Crippen LogP contribution in [0.15, 0.2) is 34.2 Å². The van der Waals surface area contributed by atoms with Gasteiger partial charge in [0.25, 0.3) is 11.8 Å². The molecule has 1 N–H and O–H groups in total. The molecule has 0 aliphatic heterocycles. The highest BCUT2D eigenvalue weighted by molar-refractivity contribution is 7.13. The van der Waals surface area contributed by atoms with E-state index in [-0.39, 0.29) is 17.5 Å². The number of hydrogen-bond donors (Lipinski definition) is 1. The van der Waals surface area contributed by atoms with Crippen molar-refractivity contribution in [3.8, 4) is 22.3 Å². The minimum Gasteiger partial charge on any atom is -0.495 e. The first-order chi connectivity index (χ1) is 11.2. The van der Waals surface area contributed by atoms with Crippen molar-refractivity contribution in [1.29, 1.82) is 0 Å². The number of carbonyl (C=O) groups is 1. The highest BCUT2D eigenvalue weighted by Gasteiger charge is 2.18. The topological polar surface area (TPSA) is 99.4 Å². The molecule has 118 valence electrons. The van der Waals surface area contributed by atoms with Gasteiger partial charge in [0, 0.05) is 6.07 Å². The molecular weight excluding hydrogens is 320 g/mol. The van der Waals surface area contributed by atoms with Crippen molar-refractivity contribution in [1.82, 2.24) is 15.2 Å². The number of hydrogen-bond acceptors (Lipinski definition) is 8. The number of nitrogens with one attached hydrogen (secondary N) is 1. The zero-order chi connectivity index (χ0) is 16.2. The minimum absolute atomic E-state index is 0.0157. The van der Waals surface area contributed by atoms with Gasteiger partial charge in [0.2, 0.25) is 0 Å². The lowest BCUT2D eigenvalue weighted by Crippen LogP contribution is -2.15. The number of methoxy groups -OCH3 is 2. The summed E-state index contributed by atoms with van der Waals surface area (Å²) in [6.07, 6.45) is 1.42. The van der Waals surface area contributed by atoms with Gasteiger partial charge in [0.05, 0.1) is 25.3 Å². The molecule has 3 rings (SSSR count). The Hall–Kier alpha value is -2.94. The van der Waals surface area contributed by atoms with E-state index >= 15 is 0 Å². The minimum atomic E-state index is -0.522. The van der Waals surface area contributed by atoms with E-state index in [1.165, 1.54) is 31.8 Å². The van der Waals surface area contributed by atoms with Gasteiger partial charge < -0.3 is 13.9 Å². The second-order valence-corrected chi connectivity index (χ2v) is 5.22. The second kappa shape index (κ2) is 6.44. The molecule has 0 spiro atoms. The van der Waals surface area contributed by atoms with Crippen LogP contribution in [-0.2, 0) is 0 Å². The van der Waals surface area contributed by atoms with Crippen LogP contribution in [-0.4, -0.2) is 35.3 Å². The molecule has 23 heavy (non-hydrogen) atoms. The summed E-state index contributed by atoms with van der Waals surface area (Å²) < 4.78 is 15.6. The van der Waals surface area contributed by atoms with Crippen LogP contribution >= 0.6 is 11.3 Å². The van der Waals surface area contributed by atoms with Crippen LogP contribution in [0.1, 0.15) is 10.5 Å². The fourth-order valence-electron chi connectivity index (χ4n) is 1.79. The van der Waals surface area contributed by atoms with Crippen LogP contribution in [0.4, 0.5) is 6.01 Å². The number of anilines is 1. The van der Waals surface area contributed by atoms with Gasteiger partial charge in [-0.05, 0) is 11.4 Å². The van der Waals surface area contributed by atoms with Crippen molar-refractivity contribution in [2.75, 3.05) is 19.5 Å². The van der Waals surface area contributed by atoms with Gasteiger partial charge in [-0.3, -0.25) is 10.1 Å². The van der Waals surface area contributed by atoms with Crippen LogP contribution in [0.3, 0.4) is 0 Å². The Morgan fingerprint density at radius 2 is 2.17 bits per heavy atom. The average Bonchev–Trinajstić information content (AvgIpc) is 3.25. The zero-order valence-electron chi connectivity index (χ0n) is 12.3. The van der Waals surface area contributed by atoms with E-state index in [0.717, 1.165) is 4.88 Å². The monoisotopic (exact) mass is 332 g/mol. The van der Waals surface area contributed by atoms with Gasteiger partial charge in [-0.2, -0.15) is 0 Å². The molecule has 0 atom stereocenters. The van der Waals surface area contributed by atoms with Crippen LogP contribution in [0.5, 0.6) is 11.5 Å². The standard InChI is InChI=1S/C14H12N4O4S/c1-20-8-6-9(21-2)11(15-7-8)12(19)16-14-18-17-13(22-14)10-4-3-5-23-10/h3-7H,1-2H3,(H,16,18,19). The first-order valence-corrected chi connectivity index (χ1v) is 7.36. The summed E-state index contributed by atoms with van der Waals surface area (Å²) in [5, 5.41) is 12.1. The van der Waals surface area contributed by atoms with E-state index in [4.69, 9.17) is 13.9 Å². The molecule has 1 amide bonds. The molecule has 3 heterocycles. The summed E-state index contributed by atoms with van der Waals surface area (Å²) in [6, 6.07) is 5.26. The summed E-state index contributed by atoms with van der Waals surface area (Å²) in [4.78, 5) is 17.1. The number of amides is 1. The summed E-state index contributed by atoms with van der Waals surface area (Å²) in [5.41, 5.74) is 0.0872. The molecule has 0 bridgehead atoms. The quantitative estimate of drug-likeness (QED) is 0.766. The molecule has 0 unspecified atom stereocenters. The number of pyridine rings is 1. The normalized spacial score (nSPS) is 10.3. The SMILES string of the molecule is COc1cnc(C(=O)Nc2nnc(-c3cccs3)o2)c(OC)c1. The average molecular weight is 332 g/mol. The molecule has 0 aliphatic rings. The number of carbonyl (C=O) groups excluding carboxylic acids is 1. The molecule has 3 aromatic heterocycles. The zero-order valence-corrected chi connectivity index (χ0v) is 13.1. The maximum absolute atomic E-state index is 12.3. The van der Waals surface area contributed by atoms with Crippen LogP contribution in [0, 0.1) is 0 Å². The summed E-state index contributed by atoms with van der Waals surface area (Å²) in [5.74, 6) is 0.576. The van der Waals surface area contributed by atoms with Crippen LogP contribution in [0.25, 0.3) is 10.8 Å². The molecule has 3 aromatic rings. The van der Waals surface area contributed by atoms with E-state index < -0.39 is 5.91 Å². The lowest BCUT2D eigenvalue weighted by molar-refractivity contribution is 0.101. The van der Waals surface area contributed by atoms with Crippen molar-refractivity contribution in [2.24, 2.45) is 0 Å². The van der Waals surface area contributed by atoms with Crippen LogP contribution in [0.2, 0.25) is 0 Å². The molecule has 0 saturated heterocycles. The fourth-order valence-corrected chi connectivity index (χ4v) is 2.44. The molecule has 0 saturated carbocycles. The van der Waals surface area contributed by atoms with Crippen molar-refractivity contribution in [2.45, 2.75) is 0 Å². The van der Waals surface area contributed by atoms with Crippen molar-refractivity contribution >= 4 is 23.3 Å². The van der Waals surface area contributed by atoms with Crippen LogP contribution < -0.4 is 14.8 Å². The lowest BCUT2D eigenvalue weighted by Gasteiger charge is -2.08. The molecule has 0 aromatic carbocycles. The third-order valence-electron chi connectivity index (χ3n) is 2.88. The van der Waals surface area contributed by atoms with Gasteiger partial charge in [-0.25, -0.2) is 4.98 Å². The highest BCUT2D eigenvalue weighted by atomic mass is 32.1. The predicted octanol–water partition coefficient (Wildman–Crippen LogP) is 2.46. The van der Waals surface area contributed by atoms with E-state index in [0.29, 0.717) is 11.6 Å². The molecule has 0 radical (unpaired) electrons. The van der Waals surface area contributed by atoms with Gasteiger partial charge in [0.1, 0.15) is 5.75 Å². The van der Waals surface area contributed by atoms with Gasteiger partial charge >= 0.3 is 6.01 Å². The maximum atomic E-state index is 12.3. The van der Waals surface area contributed by atoms with E-state index in [1.807, 2.05) is 17.5 Å². The largest absolute Gasteiger partial charge is 0.495 e. The molecular formula is C14H12N4O4S. The van der Waals surface area contributed by atoms with Gasteiger partial charge in [-0.1, -0.05) is 11.2 Å². The number of aromatic nitrogens is 3. The molecule has 9 heteroatoms. The smallest absolute Gasteiger partial charge is 0.322 e. The van der Waals surface area contributed by atoms with Gasteiger partial charge in [-0.15, -0.1) is 16.4 Å². The Labute approximate surface area is 135 Å². The Morgan fingerprint density at radius 1 is 1.30 bits per heavy atom. The Bertz CT molecular complexity index is 816. The van der Waals surface area contributed by atoms with Crippen molar-refractivity contribution in [3.05, 3.63) is 35.5 Å². The second-order valence-electron chi connectivity index (χ2n) is 4.27. The number of rotatable bonds is 5. The van der Waals surface area contributed by atoms with E-state index in [2.05, 4.69) is 20.5 Å². The van der Waals surface area contributed by atoms with Gasteiger partial charge in [0.15, 0.2) is 11.4 Å². The third-order valence-corrected chi connectivity index (χ3v) is 3.73. The predicted molar refractivity (Wildman–Crippen MR) is 82.9 cm³/mol. The molecule has 0 fully saturated rings. The highest BCUT2D eigenvalue weighted by Crippen LogP contribution is 2.26. The summed E-state index contributed by atoms with van der Waals surface area (Å²) in [7, 11) is 2.94. The van der Waals surface area contributed by atoms with E-state index in [1.54, 1.807) is 6.07 Å². The van der Waals surface area contributed by atoms with Crippen molar-refractivity contribution < 1.29 is 18.7 Å². The fraction of sp³-hybridized carbons (Fsp3) is 0.143. The number of ether oxygens (including phenoxy) is 2.